The number of ether oxygens (including phenoxy) is 1. The number of anilines is 1. The molecule has 0 bridgehead atoms. The number of hydrogen-bond acceptors (Lipinski definition) is 8. The summed E-state index contributed by atoms with van der Waals surface area (Å²) >= 11 is 3.63. The molecule has 0 spiro atoms. The van der Waals surface area contributed by atoms with Gasteiger partial charge in [-0.25, -0.2) is 13.6 Å². The normalized spacial score (nSPS) is 12.6. The van der Waals surface area contributed by atoms with Crippen molar-refractivity contribution in [2.75, 3.05) is 11.9 Å². The molecule has 0 fully saturated rings. The molecule has 0 aliphatic carbocycles. The summed E-state index contributed by atoms with van der Waals surface area (Å²) in [5.74, 6) is -3.75. The van der Waals surface area contributed by atoms with Crippen LogP contribution in [0.25, 0.3) is 0 Å². The van der Waals surface area contributed by atoms with E-state index in [9.17, 15) is 33.4 Å². The highest BCUT2D eigenvalue weighted by Gasteiger charge is 2.23. The Morgan fingerprint density at radius 2 is 1.82 bits per heavy atom. The smallest absolute Gasteiger partial charge is 0.319 e. The second kappa shape index (κ2) is 12.5. The van der Waals surface area contributed by atoms with Crippen LogP contribution in [0, 0.1) is 11.6 Å². The third-order valence-electron chi connectivity index (χ3n) is 4.34. The molecule has 15 heteroatoms. The van der Waals surface area contributed by atoms with Gasteiger partial charge >= 0.3 is 6.03 Å². The Morgan fingerprint density at radius 1 is 1.18 bits per heavy atom. The first-order valence-corrected chi connectivity index (χ1v) is 11.3. The number of nitrogens with zero attached hydrogens (tertiary/aromatic N) is 1. The van der Waals surface area contributed by atoms with Gasteiger partial charge in [-0.1, -0.05) is 15.9 Å². The molecule has 0 unspecified atom stereocenters. The van der Waals surface area contributed by atoms with Gasteiger partial charge in [0.1, 0.15) is 28.8 Å². The second-order valence-corrected chi connectivity index (χ2v) is 8.77. The summed E-state index contributed by atoms with van der Waals surface area (Å²) in [6.45, 7) is -0.591. The fourth-order valence-corrected chi connectivity index (χ4v) is 3.91. The van der Waals surface area contributed by atoms with Gasteiger partial charge in [0.15, 0.2) is 0 Å². The van der Waals surface area contributed by atoms with Crippen molar-refractivity contribution in [2.24, 2.45) is 11.5 Å². The van der Waals surface area contributed by atoms with E-state index in [0.717, 1.165) is 12.1 Å². The lowest BCUT2D eigenvalue weighted by Gasteiger charge is -2.15. The van der Waals surface area contributed by atoms with Gasteiger partial charge < -0.3 is 31.7 Å². The number of aliphatic hydroxyl groups is 2. The molecule has 0 saturated heterocycles. The van der Waals surface area contributed by atoms with E-state index in [1.807, 2.05) is 0 Å². The van der Waals surface area contributed by atoms with Crippen molar-refractivity contribution in [1.82, 2.24) is 9.69 Å². The van der Waals surface area contributed by atoms with Gasteiger partial charge in [0.2, 0.25) is 11.8 Å². The van der Waals surface area contributed by atoms with Gasteiger partial charge in [0.05, 0.1) is 24.2 Å². The monoisotopic (exact) mass is 565 g/mol. The van der Waals surface area contributed by atoms with Crippen molar-refractivity contribution >= 4 is 50.3 Å². The fraction of sp³-hybridized carbons (Fsp3) is 0.368. The van der Waals surface area contributed by atoms with Crippen LogP contribution in [0.15, 0.2) is 16.6 Å². The van der Waals surface area contributed by atoms with Gasteiger partial charge in [-0.2, -0.15) is 4.37 Å². The number of aromatic nitrogens is 1. The molecule has 0 saturated carbocycles. The number of urea groups is 1. The van der Waals surface area contributed by atoms with E-state index >= 15 is 0 Å². The molecule has 2 rings (SSSR count). The molecule has 0 aliphatic heterocycles. The highest BCUT2D eigenvalue weighted by atomic mass is 79.9. The Bertz CT molecular complexity index is 1030. The molecule has 1 aromatic carbocycles. The van der Waals surface area contributed by atoms with Crippen molar-refractivity contribution in [2.45, 2.75) is 38.1 Å². The maximum absolute atomic E-state index is 14.0. The van der Waals surface area contributed by atoms with Crippen molar-refractivity contribution in [3.8, 4) is 5.88 Å². The number of aliphatic hydroxyl groups excluding tert-OH is 2. The lowest BCUT2D eigenvalue weighted by molar-refractivity contribution is -0.120. The third kappa shape index (κ3) is 8.16. The van der Waals surface area contributed by atoms with E-state index in [0.29, 0.717) is 11.5 Å². The number of amides is 4. The van der Waals surface area contributed by atoms with Crippen molar-refractivity contribution in [3.63, 3.8) is 0 Å². The first-order valence-electron chi connectivity index (χ1n) is 9.72. The quantitative estimate of drug-likeness (QED) is 0.224. The fourth-order valence-electron chi connectivity index (χ4n) is 2.77. The summed E-state index contributed by atoms with van der Waals surface area (Å²) in [5.41, 5.74) is 9.62. The van der Waals surface area contributed by atoms with E-state index in [1.165, 1.54) is 0 Å². The molecule has 34 heavy (non-hydrogen) atoms. The lowest BCUT2D eigenvalue weighted by atomic mass is 10.1. The highest BCUT2D eigenvalue weighted by molar-refractivity contribution is 9.10. The summed E-state index contributed by atoms with van der Waals surface area (Å²) < 4.78 is 37.3. The Morgan fingerprint density at radius 3 is 2.41 bits per heavy atom. The molecule has 1 heterocycles. The Labute approximate surface area is 204 Å². The first-order chi connectivity index (χ1) is 16.0. The average molecular weight is 566 g/mol. The lowest BCUT2D eigenvalue weighted by Crippen LogP contribution is -2.32. The summed E-state index contributed by atoms with van der Waals surface area (Å²) in [5, 5.41) is 24.1. The molecule has 2 aromatic rings. The predicted octanol–water partition coefficient (Wildman–Crippen LogP) is 1.36. The van der Waals surface area contributed by atoms with E-state index in [-0.39, 0.29) is 46.7 Å². The zero-order chi connectivity index (χ0) is 25.4. The Balaban J connectivity index is 1.93. The number of benzene rings is 1. The maximum Gasteiger partial charge on any atom is 0.319 e. The van der Waals surface area contributed by atoms with E-state index in [2.05, 4.69) is 30.9 Å². The Kier molecular flexibility index (Phi) is 10.1. The van der Waals surface area contributed by atoms with Crippen molar-refractivity contribution in [3.05, 3.63) is 39.4 Å². The summed E-state index contributed by atoms with van der Waals surface area (Å²) in [6.07, 6.45) is -2.44. The van der Waals surface area contributed by atoms with Crippen LogP contribution in [0.1, 0.15) is 35.2 Å². The summed E-state index contributed by atoms with van der Waals surface area (Å²) in [7, 11) is 0. The van der Waals surface area contributed by atoms with E-state index < -0.39 is 53.9 Å². The van der Waals surface area contributed by atoms with Crippen molar-refractivity contribution < 1.29 is 38.1 Å². The summed E-state index contributed by atoms with van der Waals surface area (Å²) in [4.78, 5) is 34.7. The molecule has 4 amide bonds. The Hall–Kier alpha value is -2.88. The maximum atomic E-state index is 14.0. The number of nitrogens with one attached hydrogen (secondary N) is 2. The molecule has 186 valence electrons. The highest BCUT2D eigenvalue weighted by Crippen LogP contribution is 2.31. The van der Waals surface area contributed by atoms with Crippen LogP contribution < -0.4 is 26.8 Å². The van der Waals surface area contributed by atoms with Crippen LogP contribution in [0.2, 0.25) is 0 Å². The molecular weight excluding hydrogens is 544 g/mol. The molecule has 11 nitrogen and oxygen atoms in total. The van der Waals surface area contributed by atoms with Crippen LogP contribution in [0.5, 0.6) is 5.88 Å². The van der Waals surface area contributed by atoms with Gasteiger partial charge in [0, 0.05) is 11.0 Å². The van der Waals surface area contributed by atoms with Gasteiger partial charge in [-0.15, -0.1) is 0 Å². The average Bonchev–Trinajstić information content (AvgIpc) is 3.08. The predicted molar refractivity (Wildman–Crippen MR) is 121 cm³/mol. The topological polar surface area (TPSA) is 190 Å². The number of halogens is 3. The van der Waals surface area contributed by atoms with Crippen LogP contribution >= 0.6 is 27.5 Å². The van der Waals surface area contributed by atoms with E-state index in [1.54, 1.807) is 0 Å². The molecular formula is C19H22BrF2N5O6S. The van der Waals surface area contributed by atoms with Gasteiger partial charge in [-0.05, 0) is 36.5 Å². The largest absolute Gasteiger partial charge is 0.471 e. The van der Waals surface area contributed by atoms with Crippen LogP contribution in [0.3, 0.4) is 0 Å². The van der Waals surface area contributed by atoms with Gasteiger partial charge in [0.25, 0.3) is 5.91 Å². The van der Waals surface area contributed by atoms with Gasteiger partial charge in [-0.3, -0.25) is 14.9 Å². The SMILES string of the molecule is NC(=O)C[C@H](O)C[C@H](O)CCNC(=O)Nc1snc(OCc2c(F)cc(Br)cc2F)c1C(N)=O. The third-order valence-corrected chi connectivity index (χ3v) is 5.54. The minimum Gasteiger partial charge on any atom is -0.471 e. The van der Waals surface area contributed by atoms with Crippen LogP contribution in [-0.4, -0.2) is 51.2 Å². The number of primary amides is 2. The standard InChI is InChI=1S/C19H22BrF2N5O6S/c20-8-3-12(21)11(13(22)4-8)7-33-17-15(16(24)31)18(34-27-17)26-19(32)25-2-1-9(28)5-10(29)6-14(23)30/h3-4,9-10,28-29H,1-2,5-7H2,(H2,23,30)(H2,24,31)(H2,25,26,32)/t9-,10-/m1/s1. The van der Waals surface area contributed by atoms with E-state index in [4.69, 9.17) is 16.2 Å². The van der Waals surface area contributed by atoms with Crippen molar-refractivity contribution in [1.29, 1.82) is 0 Å². The van der Waals surface area contributed by atoms with Crippen LogP contribution in [0.4, 0.5) is 18.6 Å². The number of rotatable bonds is 12. The number of carbonyl (C=O) groups excluding carboxylic acids is 3. The first kappa shape index (κ1) is 27.4. The zero-order valence-corrected chi connectivity index (χ0v) is 19.9. The van der Waals surface area contributed by atoms with Crippen LogP contribution in [-0.2, 0) is 11.4 Å². The molecule has 0 radical (unpaired) electrons. The molecule has 2 atom stereocenters. The number of hydrogen-bond donors (Lipinski definition) is 6. The number of carbonyl (C=O) groups is 3. The minimum absolute atomic E-state index is 0.00746. The second-order valence-electron chi connectivity index (χ2n) is 7.08. The molecule has 0 aliphatic rings. The molecule has 8 N–H and O–H groups in total. The number of nitrogens with two attached hydrogens (primary N) is 2. The minimum atomic E-state index is -1.10. The summed E-state index contributed by atoms with van der Waals surface area (Å²) in [6, 6.07) is 1.34. The molecule has 1 aromatic heterocycles. The zero-order valence-electron chi connectivity index (χ0n) is 17.5.